The van der Waals surface area contributed by atoms with Gasteiger partial charge in [0.2, 0.25) is 0 Å². The van der Waals surface area contributed by atoms with Crippen molar-refractivity contribution in [3.63, 3.8) is 0 Å². The fourth-order valence-electron chi connectivity index (χ4n) is 0.802. The first-order valence-electron chi connectivity index (χ1n) is 3.36. The predicted octanol–water partition coefficient (Wildman–Crippen LogP) is 0.342. The van der Waals surface area contributed by atoms with Crippen LogP contribution in [0, 0.1) is 0 Å². The Bertz CT molecular complexity index is 259. The molecular weight excluding hydrogens is 151 g/mol. The zero-order valence-corrected chi connectivity index (χ0v) is 8.92. The van der Waals surface area contributed by atoms with Gasteiger partial charge >= 0.3 is 0 Å². The van der Waals surface area contributed by atoms with E-state index in [1.165, 1.54) is 12.4 Å². The normalized spacial score (nSPS) is 8.82. The Hall–Kier alpha value is -0.120. The van der Waals surface area contributed by atoms with Crippen molar-refractivity contribution in [2.75, 3.05) is 0 Å². The van der Waals surface area contributed by atoms with Crippen molar-refractivity contribution in [2.45, 2.75) is 19.8 Å². The third-order valence-corrected chi connectivity index (χ3v) is 1.24. The van der Waals surface area contributed by atoms with Crippen LogP contribution in [0.4, 0.5) is 0 Å². The fraction of sp³-hybridized carbons (Fsp3) is 0.429. The van der Waals surface area contributed by atoms with E-state index in [2.05, 4.69) is 16.9 Å². The summed E-state index contributed by atoms with van der Waals surface area (Å²) >= 11 is 0. The second-order valence-electron chi connectivity index (χ2n) is 2.15. The molecule has 0 fully saturated rings. The Morgan fingerprint density at radius 1 is 1.64 bits per heavy atom. The van der Waals surface area contributed by atoms with E-state index in [0.717, 1.165) is 18.5 Å². The van der Waals surface area contributed by atoms with E-state index in [4.69, 9.17) is 0 Å². The molecule has 1 radical (unpaired) electrons. The molecule has 1 N–H and O–H groups in total. The van der Waals surface area contributed by atoms with Crippen LogP contribution in [-0.2, 0) is 6.42 Å². The van der Waals surface area contributed by atoms with Crippen molar-refractivity contribution in [1.29, 1.82) is 0 Å². The number of nitrogens with one attached hydrogen (secondary N) is 1. The Labute approximate surface area is 87.5 Å². The summed E-state index contributed by atoms with van der Waals surface area (Å²) < 4.78 is 0. The molecule has 0 aliphatic heterocycles. The van der Waals surface area contributed by atoms with Gasteiger partial charge in [-0.1, -0.05) is 13.3 Å². The van der Waals surface area contributed by atoms with Gasteiger partial charge in [0, 0.05) is 41.3 Å². The Kier molecular flexibility index (Phi) is 5.46. The molecule has 0 amide bonds. The summed E-state index contributed by atoms with van der Waals surface area (Å²) in [5.41, 5.74) is 0.796. The monoisotopic (exact) mass is 161 g/mol. The van der Waals surface area contributed by atoms with Crippen molar-refractivity contribution in [2.24, 2.45) is 0 Å². The van der Waals surface area contributed by atoms with Gasteiger partial charge in [0.15, 0.2) is 0 Å². The summed E-state index contributed by atoms with van der Waals surface area (Å²) in [6.07, 6.45) is 3.34. The maximum atomic E-state index is 10.7. The number of aromatic nitrogens is 2. The van der Waals surface area contributed by atoms with Gasteiger partial charge in [-0.25, -0.2) is 4.98 Å². The Morgan fingerprint density at radius 3 is 2.91 bits per heavy atom. The minimum atomic E-state index is -0.0709. The molecule has 1 aromatic rings. The second-order valence-corrected chi connectivity index (χ2v) is 2.15. The largest absolute Gasteiger partial charge is 0.313 e. The standard InChI is InChI=1S/C7H10N2O.Na/c1-2-3-6-4-7(10)9-5-8-6;/h4-5H,2-3H2,1H3,(H,8,9,10);. The number of H-pyrrole nitrogens is 1. The summed E-state index contributed by atoms with van der Waals surface area (Å²) in [6, 6.07) is 1.53. The molecule has 1 rings (SSSR count). The van der Waals surface area contributed by atoms with Gasteiger partial charge in [-0.2, -0.15) is 0 Å². The summed E-state index contributed by atoms with van der Waals surface area (Å²) in [5, 5.41) is 0. The molecule has 0 saturated carbocycles. The SMILES string of the molecule is CCCc1cc(=O)[nH]cn1.[Na]. The molecule has 0 aromatic carbocycles. The van der Waals surface area contributed by atoms with E-state index in [-0.39, 0.29) is 35.1 Å². The topological polar surface area (TPSA) is 45.8 Å². The van der Waals surface area contributed by atoms with Crippen molar-refractivity contribution in [1.82, 2.24) is 9.97 Å². The maximum Gasteiger partial charge on any atom is 0.250 e. The molecule has 4 heteroatoms. The predicted molar refractivity (Wildman–Crippen MR) is 44.6 cm³/mol. The van der Waals surface area contributed by atoms with Crippen LogP contribution in [0.3, 0.4) is 0 Å². The number of aromatic amines is 1. The van der Waals surface area contributed by atoms with Gasteiger partial charge in [0.1, 0.15) is 0 Å². The molecule has 0 atom stereocenters. The van der Waals surface area contributed by atoms with Crippen LogP contribution in [0.1, 0.15) is 19.0 Å². The zero-order chi connectivity index (χ0) is 7.40. The van der Waals surface area contributed by atoms with E-state index in [1.54, 1.807) is 0 Å². The Morgan fingerprint density at radius 2 is 2.36 bits per heavy atom. The van der Waals surface area contributed by atoms with Crippen molar-refractivity contribution in [3.8, 4) is 0 Å². The van der Waals surface area contributed by atoms with Gasteiger partial charge in [0.25, 0.3) is 5.56 Å². The summed E-state index contributed by atoms with van der Waals surface area (Å²) in [5.74, 6) is 0. The van der Waals surface area contributed by atoms with Gasteiger partial charge in [-0.3, -0.25) is 4.79 Å². The molecule has 1 aromatic heterocycles. The van der Waals surface area contributed by atoms with Crippen LogP contribution in [-0.4, -0.2) is 39.5 Å². The molecular formula is C7H10N2NaO. The summed E-state index contributed by atoms with van der Waals surface area (Å²) in [6.45, 7) is 2.06. The molecule has 1 heterocycles. The van der Waals surface area contributed by atoms with Crippen LogP contribution >= 0.6 is 0 Å². The summed E-state index contributed by atoms with van der Waals surface area (Å²) in [4.78, 5) is 17.1. The third-order valence-electron chi connectivity index (χ3n) is 1.24. The number of nitrogens with zero attached hydrogens (tertiary/aromatic N) is 1. The average molecular weight is 161 g/mol. The zero-order valence-electron chi connectivity index (χ0n) is 6.92. The summed E-state index contributed by atoms with van der Waals surface area (Å²) in [7, 11) is 0. The molecule has 0 unspecified atom stereocenters. The third kappa shape index (κ3) is 3.70. The molecule has 0 spiro atoms. The quantitative estimate of drug-likeness (QED) is 0.636. The van der Waals surface area contributed by atoms with E-state index < -0.39 is 0 Å². The van der Waals surface area contributed by atoms with Crippen molar-refractivity contribution >= 4 is 29.6 Å². The number of rotatable bonds is 2. The number of hydrogen-bond donors (Lipinski definition) is 1. The fourth-order valence-corrected chi connectivity index (χ4v) is 0.802. The first-order valence-corrected chi connectivity index (χ1v) is 3.36. The molecule has 0 bridgehead atoms. The molecule has 11 heavy (non-hydrogen) atoms. The van der Waals surface area contributed by atoms with Crippen LogP contribution in [0.2, 0.25) is 0 Å². The molecule has 0 aliphatic carbocycles. The smallest absolute Gasteiger partial charge is 0.250 e. The van der Waals surface area contributed by atoms with Crippen LogP contribution in [0.25, 0.3) is 0 Å². The molecule has 0 aliphatic rings. The van der Waals surface area contributed by atoms with Crippen molar-refractivity contribution in [3.05, 3.63) is 28.4 Å². The average Bonchev–Trinajstić information content (AvgIpc) is 1.88. The minimum absolute atomic E-state index is 0. The van der Waals surface area contributed by atoms with Gasteiger partial charge in [-0.15, -0.1) is 0 Å². The van der Waals surface area contributed by atoms with Crippen LogP contribution in [0.5, 0.6) is 0 Å². The number of aryl methyl sites for hydroxylation is 1. The van der Waals surface area contributed by atoms with E-state index in [1.807, 2.05) is 0 Å². The van der Waals surface area contributed by atoms with Crippen LogP contribution in [0.15, 0.2) is 17.2 Å². The second kappa shape index (κ2) is 5.52. The minimum Gasteiger partial charge on any atom is -0.313 e. The molecule has 55 valence electrons. The van der Waals surface area contributed by atoms with Gasteiger partial charge < -0.3 is 4.98 Å². The number of hydrogen-bond acceptors (Lipinski definition) is 2. The first kappa shape index (κ1) is 10.9. The molecule has 0 saturated heterocycles. The van der Waals surface area contributed by atoms with E-state index in [9.17, 15) is 4.79 Å². The Balaban J connectivity index is 0.000001000. The van der Waals surface area contributed by atoms with Crippen molar-refractivity contribution < 1.29 is 0 Å². The maximum absolute atomic E-state index is 10.7. The van der Waals surface area contributed by atoms with Gasteiger partial charge in [-0.05, 0) is 6.42 Å². The molecule has 3 nitrogen and oxygen atoms in total. The van der Waals surface area contributed by atoms with E-state index >= 15 is 0 Å². The first-order chi connectivity index (χ1) is 4.83. The van der Waals surface area contributed by atoms with E-state index in [0.29, 0.717) is 0 Å². The van der Waals surface area contributed by atoms with Crippen LogP contribution < -0.4 is 5.56 Å². The van der Waals surface area contributed by atoms with Gasteiger partial charge in [0.05, 0.1) is 6.33 Å².